The Balaban J connectivity index is 3.17. The van der Waals surface area contributed by atoms with Crippen LogP contribution in [-0.2, 0) is 0 Å². The summed E-state index contributed by atoms with van der Waals surface area (Å²) < 4.78 is 0. The molecular formula is C10H17N3O2. The van der Waals surface area contributed by atoms with Crippen molar-refractivity contribution >= 4 is 5.84 Å². The second kappa shape index (κ2) is 4.53. The largest absolute Gasteiger partial charge is 0.286 e. The predicted octanol–water partition coefficient (Wildman–Crippen LogP) is 2.67. The van der Waals surface area contributed by atoms with E-state index in [9.17, 15) is 10.1 Å². The molecule has 0 aliphatic carbocycles. The fraction of sp³-hybridized carbons (Fsp3) is 0.700. The van der Waals surface area contributed by atoms with Gasteiger partial charge >= 0.3 is 0 Å². The van der Waals surface area contributed by atoms with Crippen LogP contribution in [-0.4, -0.2) is 21.6 Å². The molecule has 5 heteroatoms. The Morgan fingerprint density at radius 2 is 2.07 bits per heavy atom. The highest BCUT2D eigenvalue weighted by atomic mass is 16.5. The van der Waals surface area contributed by atoms with Crippen LogP contribution in [0.25, 0.3) is 0 Å². The van der Waals surface area contributed by atoms with Crippen LogP contribution in [0.4, 0.5) is 0 Å². The van der Waals surface area contributed by atoms with Crippen molar-refractivity contribution in [2.45, 2.75) is 45.6 Å². The van der Waals surface area contributed by atoms with Crippen molar-refractivity contribution in [3.63, 3.8) is 0 Å². The van der Waals surface area contributed by atoms with E-state index in [2.05, 4.69) is 10.2 Å². The number of amidine groups is 1. The zero-order valence-corrected chi connectivity index (χ0v) is 9.40. The van der Waals surface area contributed by atoms with Gasteiger partial charge < -0.3 is 0 Å². The lowest BCUT2D eigenvalue weighted by Gasteiger charge is -2.34. The molecule has 0 atom stereocenters. The van der Waals surface area contributed by atoms with Gasteiger partial charge in [0.05, 0.1) is 11.9 Å². The Kier molecular flexibility index (Phi) is 3.57. The van der Waals surface area contributed by atoms with Gasteiger partial charge in [-0.05, 0) is 18.0 Å². The van der Waals surface area contributed by atoms with Gasteiger partial charge in [-0.1, -0.05) is 20.8 Å². The summed E-state index contributed by atoms with van der Waals surface area (Å²) in [6.07, 6.45) is 3.20. The van der Waals surface area contributed by atoms with Gasteiger partial charge in [0.15, 0.2) is 0 Å². The van der Waals surface area contributed by atoms with Crippen LogP contribution in [0.5, 0.6) is 0 Å². The molecule has 0 bridgehead atoms. The minimum absolute atomic E-state index is 0.557. The lowest BCUT2D eigenvalue weighted by molar-refractivity contribution is -0.0880. The molecule has 1 rings (SSSR count). The lowest BCUT2D eigenvalue weighted by atomic mass is 9.90. The third-order valence-corrected chi connectivity index (χ3v) is 3.04. The number of nitroso groups, excluding NO2 is 1. The Bertz CT molecular complexity index is 306. The summed E-state index contributed by atoms with van der Waals surface area (Å²) in [5, 5.41) is 14.0. The molecule has 0 saturated heterocycles. The smallest absolute Gasteiger partial charge is 0.129 e. The van der Waals surface area contributed by atoms with Crippen LogP contribution in [0.3, 0.4) is 0 Å². The first-order valence-corrected chi connectivity index (χ1v) is 5.26. The topological polar surface area (TPSA) is 65.3 Å². The number of rotatable bonds is 4. The molecule has 1 N–H and O–H groups in total. The van der Waals surface area contributed by atoms with Crippen LogP contribution in [0.1, 0.15) is 40.0 Å². The SMILES string of the molecule is CCC1=N/C(=C/N=O)C(CC)(CC)N1O. The maximum Gasteiger partial charge on any atom is 0.129 e. The number of hydrogen-bond acceptors (Lipinski definition) is 5. The maximum atomic E-state index is 10.3. The van der Waals surface area contributed by atoms with E-state index in [1.54, 1.807) is 0 Å². The minimum atomic E-state index is -0.570. The van der Waals surface area contributed by atoms with E-state index in [4.69, 9.17) is 0 Å². The Morgan fingerprint density at radius 1 is 1.47 bits per heavy atom. The third kappa shape index (κ3) is 1.67. The number of hydrogen-bond donors (Lipinski definition) is 1. The third-order valence-electron chi connectivity index (χ3n) is 3.04. The maximum absolute atomic E-state index is 10.3. The summed E-state index contributed by atoms with van der Waals surface area (Å²) in [7, 11) is 0. The molecule has 1 aliphatic rings. The van der Waals surface area contributed by atoms with Crippen molar-refractivity contribution in [2.24, 2.45) is 10.2 Å². The number of hydroxylamine groups is 2. The van der Waals surface area contributed by atoms with Crippen molar-refractivity contribution in [1.82, 2.24) is 5.06 Å². The molecule has 0 aromatic heterocycles. The van der Waals surface area contributed by atoms with Crippen molar-refractivity contribution < 1.29 is 5.21 Å². The highest BCUT2D eigenvalue weighted by molar-refractivity contribution is 5.86. The van der Waals surface area contributed by atoms with E-state index in [0.29, 0.717) is 30.8 Å². The van der Waals surface area contributed by atoms with Gasteiger partial charge in [-0.25, -0.2) is 10.1 Å². The van der Waals surface area contributed by atoms with Gasteiger partial charge in [0, 0.05) is 6.42 Å². The van der Waals surface area contributed by atoms with Gasteiger partial charge in [0.2, 0.25) is 0 Å². The second-order valence-corrected chi connectivity index (χ2v) is 3.55. The quantitative estimate of drug-likeness (QED) is 0.727. The normalized spacial score (nSPS) is 22.0. The molecule has 0 amide bonds. The predicted molar refractivity (Wildman–Crippen MR) is 58.5 cm³/mol. The summed E-state index contributed by atoms with van der Waals surface area (Å²) in [6, 6.07) is 0. The lowest BCUT2D eigenvalue weighted by Crippen LogP contribution is -2.45. The molecule has 0 saturated carbocycles. The summed E-state index contributed by atoms with van der Waals surface area (Å²) in [5.41, 5.74) is -0.0129. The molecular weight excluding hydrogens is 194 g/mol. The zero-order valence-electron chi connectivity index (χ0n) is 9.40. The molecule has 15 heavy (non-hydrogen) atoms. The van der Waals surface area contributed by atoms with Crippen LogP contribution < -0.4 is 0 Å². The number of nitrogens with zero attached hydrogens (tertiary/aromatic N) is 3. The Morgan fingerprint density at radius 3 is 2.47 bits per heavy atom. The van der Waals surface area contributed by atoms with Crippen LogP contribution in [0.2, 0.25) is 0 Å². The van der Waals surface area contributed by atoms with E-state index in [1.807, 2.05) is 20.8 Å². The van der Waals surface area contributed by atoms with Crippen LogP contribution in [0, 0.1) is 4.91 Å². The Labute approximate surface area is 89.4 Å². The zero-order chi connectivity index (χ0) is 11.5. The van der Waals surface area contributed by atoms with E-state index in [0.717, 1.165) is 0 Å². The molecule has 0 aromatic rings. The van der Waals surface area contributed by atoms with Gasteiger partial charge in [-0.3, -0.25) is 5.21 Å². The number of aliphatic imine (C=N–C) groups is 1. The molecule has 84 valence electrons. The molecule has 5 nitrogen and oxygen atoms in total. The second-order valence-electron chi connectivity index (χ2n) is 3.55. The minimum Gasteiger partial charge on any atom is -0.286 e. The van der Waals surface area contributed by atoms with E-state index in [-0.39, 0.29) is 0 Å². The van der Waals surface area contributed by atoms with Gasteiger partial charge in [0.1, 0.15) is 11.4 Å². The first kappa shape index (κ1) is 11.8. The van der Waals surface area contributed by atoms with Crippen LogP contribution in [0.15, 0.2) is 22.1 Å². The van der Waals surface area contributed by atoms with Gasteiger partial charge in [0.25, 0.3) is 0 Å². The summed E-state index contributed by atoms with van der Waals surface area (Å²) in [4.78, 5) is 14.5. The van der Waals surface area contributed by atoms with Crippen molar-refractivity contribution in [3.05, 3.63) is 16.8 Å². The highest BCUT2D eigenvalue weighted by Crippen LogP contribution is 2.37. The average Bonchev–Trinajstić information content (AvgIpc) is 2.53. The molecule has 0 unspecified atom stereocenters. The van der Waals surface area contributed by atoms with E-state index in [1.165, 1.54) is 11.3 Å². The van der Waals surface area contributed by atoms with E-state index < -0.39 is 5.54 Å². The molecule has 0 radical (unpaired) electrons. The summed E-state index contributed by atoms with van der Waals surface area (Å²) in [6.45, 7) is 5.83. The monoisotopic (exact) mass is 211 g/mol. The summed E-state index contributed by atoms with van der Waals surface area (Å²) in [5.74, 6) is 0.591. The molecule has 1 heterocycles. The van der Waals surface area contributed by atoms with Crippen molar-refractivity contribution in [3.8, 4) is 0 Å². The molecule has 1 aliphatic heterocycles. The molecule has 0 spiro atoms. The van der Waals surface area contributed by atoms with E-state index >= 15 is 0 Å². The first-order chi connectivity index (χ1) is 7.16. The molecule has 0 fully saturated rings. The fourth-order valence-corrected chi connectivity index (χ4v) is 1.99. The first-order valence-electron chi connectivity index (χ1n) is 5.26. The highest BCUT2D eigenvalue weighted by Gasteiger charge is 2.43. The molecule has 0 aromatic carbocycles. The van der Waals surface area contributed by atoms with Gasteiger partial charge in [-0.15, -0.1) is 4.91 Å². The van der Waals surface area contributed by atoms with Gasteiger partial charge in [-0.2, -0.15) is 0 Å². The Hall–Kier alpha value is -1.23. The standard InChI is InChI=1S/C10H17N3O2/c1-4-9-12-8(7-11-14)10(5-2,6-3)13(9)15/h7,15H,4-6H2,1-3H3/b8-7+. The van der Waals surface area contributed by atoms with Crippen molar-refractivity contribution in [2.75, 3.05) is 0 Å². The van der Waals surface area contributed by atoms with Crippen molar-refractivity contribution in [1.29, 1.82) is 0 Å². The summed E-state index contributed by atoms with van der Waals surface area (Å²) >= 11 is 0. The average molecular weight is 211 g/mol. The fourth-order valence-electron chi connectivity index (χ4n) is 1.99. The van der Waals surface area contributed by atoms with Crippen LogP contribution >= 0.6 is 0 Å².